The second kappa shape index (κ2) is 11.9. The molecule has 0 unspecified atom stereocenters. The zero-order valence-electron chi connectivity index (χ0n) is 18.3. The Morgan fingerprint density at radius 1 is 1.25 bits per heavy atom. The van der Waals surface area contributed by atoms with Gasteiger partial charge in [0.25, 0.3) is 5.91 Å². The number of amides is 1. The molecule has 172 valence electrons. The molecule has 3 rings (SSSR count). The van der Waals surface area contributed by atoms with Crippen molar-refractivity contribution in [3.63, 3.8) is 0 Å². The van der Waals surface area contributed by atoms with E-state index in [1.54, 1.807) is 18.0 Å². The first-order valence-electron chi connectivity index (χ1n) is 10.9. The van der Waals surface area contributed by atoms with E-state index in [0.717, 1.165) is 29.7 Å². The van der Waals surface area contributed by atoms with Gasteiger partial charge in [-0.05, 0) is 30.7 Å². The Morgan fingerprint density at radius 3 is 2.75 bits per heavy atom. The van der Waals surface area contributed by atoms with Crippen molar-refractivity contribution in [3.8, 4) is 5.75 Å². The van der Waals surface area contributed by atoms with Crippen molar-refractivity contribution < 1.29 is 19.1 Å². The standard InChI is InChI=1S/C24H31N3O4S/c1-2-30-24(29)20(16-17-8-4-3-5-9-17)26-23(28)19-11-6-10-18-21(12-14-31-22(18)19)27(25)13-7-15-32/h3-6,8-11,20-21,32H,2,7,12-16,25H2,1H3,(H,26,28)/t20-,21-/m0/s1. The van der Waals surface area contributed by atoms with Crippen LogP contribution in [0.1, 0.15) is 47.3 Å². The van der Waals surface area contributed by atoms with Crippen LogP contribution in [0.25, 0.3) is 0 Å². The lowest BCUT2D eigenvalue weighted by Gasteiger charge is -2.33. The molecule has 0 saturated heterocycles. The third-order valence-electron chi connectivity index (χ3n) is 5.42. The summed E-state index contributed by atoms with van der Waals surface area (Å²) in [4.78, 5) is 25.8. The summed E-state index contributed by atoms with van der Waals surface area (Å²) in [5.41, 5.74) is 2.19. The number of nitrogens with zero attached hydrogens (tertiary/aromatic N) is 1. The van der Waals surface area contributed by atoms with Gasteiger partial charge in [0.1, 0.15) is 11.8 Å². The Kier molecular flexibility index (Phi) is 8.96. The van der Waals surface area contributed by atoms with E-state index < -0.39 is 12.0 Å². The van der Waals surface area contributed by atoms with Crippen LogP contribution in [0.5, 0.6) is 5.75 Å². The van der Waals surface area contributed by atoms with Crippen molar-refractivity contribution >= 4 is 24.5 Å². The number of ether oxygens (including phenoxy) is 2. The molecule has 0 radical (unpaired) electrons. The van der Waals surface area contributed by atoms with E-state index in [4.69, 9.17) is 15.3 Å². The number of para-hydroxylation sites is 1. The topological polar surface area (TPSA) is 93.9 Å². The van der Waals surface area contributed by atoms with Gasteiger partial charge in [-0.2, -0.15) is 12.6 Å². The number of carbonyl (C=O) groups is 2. The van der Waals surface area contributed by atoms with Gasteiger partial charge < -0.3 is 14.8 Å². The minimum Gasteiger partial charge on any atom is -0.492 e. The Hall–Kier alpha value is -2.55. The molecule has 0 aliphatic carbocycles. The largest absolute Gasteiger partial charge is 0.492 e. The van der Waals surface area contributed by atoms with Crippen LogP contribution in [0.2, 0.25) is 0 Å². The average Bonchev–Trinajstić information content (AvgIpc) is 2.82. The molecule has 0 aromatic heterocycles. The monoisotopic (exact) mass is 457 g/mol. The van der Waals surface area contributed by atoms with Gasteiger partial charge in [-0.1, -0.05) is 42.5 Å². The lowest BCUT2D eigenvalue weighted by atomic mass is 9.96. The molecular weight excluding hydrogens is 426 g/mol. The lowest BCUT2D eigenvalue weighted by molar-refractivity contribution is -0.145. The SMILES string of the molecule is CCOC(=O)[C@H](Cc1ccccc1)NC(=O)c1cccc2c1OCC[C@@H]2N(N)CCCS. The Labute approximate surface area is 194 Å². The molecule has 1 aliphatic heterocycles. The molecule has 3 N–H and O–H groups in total. The molecule has 1 amide bonds. The fourth-order valence-corrected chi connectivity index (χ4v) is 4.00. The second-order valence-corrected chi connectivity index (χ2v) is 8.11. The summed E-state index contributed by atoms with van der Waals surface area (Å²) in [5.74, 6) is 6.72. The number of benzene rings is 2. The highest BCUT2D eigenvalue weighted by atomic mass is 32.1. The van der Waals surface area contributed by atoms with Crippen LogP contribution in [0.3, 0.4) is 0 Å². The number of hydrogen-bond donors (Lipinski definition) is 3. The summed E-state index contributed by atoms with van der Waals surface area (Å²) >= 11 is 4.26. The lowest BCUT2D eigenvalue weighted by Crippen LogP contribution is -2.44. The normalized spacial score (nSPS) is 16.1. The zero-order valence-corrected chi connectivity index (χ0v) is 19.2. The quantitative estimate of drug-likeness (QED) is 0.220. The fourth-order valence-electron chi connectivity index (χ4n) is 3.86. The maximum atomic E-state index is 13.2. The van der Waals surface area contributed by atoms with Crippen LogP contribution in [0, 0.1) is 0 Å². The Morgan fingerprint density at radius 2 is 2.03 bits per heavy atom. The molecule has 7 nitrogen and oxygen atoms in total. The summed E-state index contributed by atoms with van der Waals surface area (Å²) in [5, 5.41) is 4.63. The van der Waals surface area contributed by atoms with Crippen LogP contribution in [-0.4, -0.2) is 48.4 Å². The molecular formula is C24H31N3O4S. The molecule has 1 aliphatic rings. The van der Waals surface area contributed by atoms with E-state index >= 15 is 0 Å². The molecule has 32 heavy (non-hydrogen) atoms. The van der Waals surface area contributed by atoms with Crippen LogP contribution in [0.15, 0.2) is 48.5 Å². The van der Waals surface area contributed by atoms with Gasteiger partial charge >= 0.3 is 5.97 Å². The van der Waals surface area contributed by atoms with E-state index in [9.17, 15) is 9.59 Å². The van der Waals surface area contributed by atoms with Gasteiger partial charge in [0, 0.05) is 24.9 Å². The number of hydrogen-bond acceptors (Lipinski definition) is 7. The molecule has 8 heteroatoms. The first-order valence-corrected chi connectivity index (χ1v) is 11.6. The summed E-state index contributed by atoms with van der Waals surface area (Å²) in [6.07, 6.45) is 1.94. The summed E-state index contributed by atoms with van der Waals surface area (Å²) in [6.45, 7) is 3.14. The first kappa shape index (κ1) is 24.1. The number of nitrogens with one attached hydrogen (secondary N) is 1. The predicted octanol–water partition coefficient (Wildman–Crippen LogP) is 2.91. The highest BCUT2D eigenvalue weighted by Gasteiger charge is 2.30. The third-order valence-corrected chi connectivity index (χ3v) is 5.74. The van der Waals surface area contributed by atoms with E-state index in [0.29, 0.717) is 30.9 Å². The number of hydrazine groups is 1. The van der Waals surface area contributed by atoms with Crippen molar-refractivity contribution in [2.75, 3.05) is 25.5 Å². The van der Waals surface area contributed by atoms with Crippen molar-refractivity contribution in [1.82, 2.24) is 10.3 Å². The van der Waals surface area contributed by atoms with Gasteiger partial charge in [-0.3, -0.25) is 10.6 Å². The van der Waals surface area contributed by atoms with Crippen molar-refractivity contribution in [2.24, 2.45) is 5.84 Å². The van der Waals surface area contributed by atoms with Gasteiger partial charge in [-0.15, -0.1) is 0 Å². The molecule has 2 aromatic carbocycles. The molecule has 0 fully saturated rings. The second-order valence-electron chi connectivity index (χ2n) is 7.66. The number of thiol groups is 1. The minimum atomic E-state index is -0.804. The van der Waals surface area contributed by atoms with Gasteiger partial charge in [-0.25, -0.2) is 9.80 Å². The van der Waals surface area contributed by atoms with Gasteiger partial charge in [0.2, 0.25) is 0 Å². The molecule has 0 saturated carbocycles. The molecule has 0 spiro atoms. The van der Waals surface area contributed by atoms with Gasteiger partial charge in [0.05, 0.1) is 24.8 Å². The third kappa shape index (κ3) is 6.03. The highest BCUT2D eigenvalue weighted by Crippen LogP contribution is 2.37. The molecule has 2 aromatic rings. The predicted molar refractivity (Wildman–Crippen MR) is 127 cm³/mol. The Balaban J connectivity index is 1.82. The number of carbonyl (C=O) groups excluding carboxylic acids is 2. The van der Waals surface area contributed by atoms with E-state index in [-0.39, 0.29) is 18.6 Å². The van der Waals surface area contributed by atoms with Crippen molar-refractivity contribution in [1.29, 1.82) is 0 Å². The van der Waals surface area contributed by atoms with Crippen LogP contribution in [0.4, 0.5) is 0 Å². The number of fused-ring (bicyclic) bond motifs is 1. The highest BCUT2D eigenvalue weighted by molar-refractivity contribution is 7.80. The number of esters is 1. The van der Waals surface area contributed by atoms with Crippen molar-refractivity contribution in [3.05, 3.63) is 65.2 Å². The fraction of sp³-hybridized carbons (Fsp3) is 0.417. The van der Waals surface area contributed by atoms with Gasteiger partial charge in [0.15, 0.2) is 0 Å². The number of rotatable bonds is 10. The van der Waals surface area contributed by atoms with Crippen molar-refractivity contribution in [2.45, 2.75) is 38.3 Å². The molecule has 1 heterocycles. The van der Waals surface area contributed by atoms with Crippen LogP contribution in [-0.2, 0) is 16.0 Å². The molecule has 0 bridgehead atoms. The van der Waals surface area contributed by atoms with E-state index in [2.05, 4.69) is 17.9 Å². The summed E-state index contributed by atoms with van der Waals surface area (Å²) in [7, 11) is 0. The number of nitrogens with two attached hydrogens (primary N) is 1. The average molecular weight is 458 g/mol. The van der Waals surface area contributed by atoms with Crippen LogP contribution < -0.4 is 15.9 Å². The first-order chi connectivity index (χ1) is 15.5. The van der Waals surface area contributed by atoms with E-state index in [1.165, 1.54) is 0 Å². The zero-order chi connectivity index (χ0) is 22.9. The summed E-state index contributed by atoms with van der Waals surface area (Å²) < 4.78 is 11.1. The maximum Gasteiger partial charge on any atom is 0.328 e. The maximum absolute atomic E-state index is 13.2. The smallest absolute Gasteiger partial charge is 0.328 e. The molecule has 2 atom stereocenters. The van der Waals surface area contributed by atoms with E-state index in [1.807, 2.05) is 42.5 Å². The summed E-state index contributed by atoms with van der Waals surface area (Å²) in [6, 6.07) is 14.1. The minimum absolute atomic E-state index is 0.0449. The Bertz CT molecular complexity index is 909. The van der Waals surface area contributed by atoms with Crippen LogP contribution >= 0.6 is 12.6 Å².